The maximum atomic E-state index is 5.67. The maximum absolute atomic E-state index is 5.67. The summed E-state index contributed by atoms with van der Waals surface area (Å²) in [4.78, 5) is 6.73. The van der Waals surface area contributed by atoms with E-state index in [2.05, 4.69) is 34.4 Å². The molecule has 0 radical (unpaired) electrons. The molecule has 0 saturated carbocycles. The molecule has 0 bridgehead atoms. The summed E-state index contributed by atoms with van der Waals surface area (Å²) in [5, 5.41) is 6.69. The first kappa shape index (κ1) is 18.5. The third kappa shape index (κ3) is 6.02. The van der Waals surface area contributed by atoms with Gasteiger partial charge in [0.15, 0.2) is 5.96 Å². The van der Waals surface area contributed by atoms with Gasteiger partial charge in [-0.2, -0.15) is 0 Å². The average molecular weight is 334 g/mol. The van der Waals surface area contributed by atoms with Crippen LogP contribution >= 0.6 is 0 Å². The second-order valence-corrected chi connectivity index (χ2v) is 6.43. The molecule has 2 N–H and O–H groups in total. The van der Waals surface area contributed by atoms with Crippen molar-refractivity contribution in [2.75, 3.05) is 53.0 Å². The van der Waals surface area contributed by atoms with Crippen LogP contribution in [0.3, 0.4) is 0 Å². The zero-order chi connectivity index (χ0) is 17.3. The maximum Gasteiger partial charge on any atom is 0.191 e. The van der Waals surface area contributed by atoms with Crippen molar-refractivity contribution in [3.8, 4) is 5.75 Å². The predicted octanol–water partition coefficient (Wildman–Crippen LogP) is 1.34. The lowest BCUT2D eigenvalue weighted by Gasteiger charge is -2.41. The number of hydrogen-bond acceptors (Lipinski definition) is 4. The molecule has 1 fully saturated rings. The summed E-state index contributed by atoms with van der Waals surface area (Å²) in [6, 6.07) is 9.83. The molecule has 1 saturated heterocycles. The summed E-state index contributed by atoms with van der Waals surface area (Å²) >= 11 is 0. The zero-order valence-electron chi connectivity index (χ0n) is 15.0. The van der Waals surface area contributed by atoms with Gasteiger partial charge >= 0.3 is 0 Å². The molecule has 134 valence electrons. The van der Waals surface area contributed by atoms with Crippen LogP contribution in [0.25, 0.3) is 0 Å². The van der Waals surface area contributed by atoms with Crippen molar-refractivity contribution in [1.82, 2.24) is 15.5 Å². The summed E-state index contributed by atoms with van der Waals surface area (Å²) in [7, 11) is 1.79. The normalized spacial score (nSPS) is 16.7. The highest BCUT2D eigenvalue weighted by Crippen LogP contribution is 2.14. The fourth-order valence-electron chi connectivity index (χ4n) is 2.66. The number of benzene rings is 1. The molecule has 6 nitrogen and oxygen atoms in total. The Balaban J connectivity index is 1.68. The smallest absolute Gasteiger partial charge is 0.191 e. The molecule has 0 amide bonds. The molecule has 0 aromatic heterocycles. The minimum absolute atomic E-state index is 0.0575. The first-order valence-electron chi connectivity index (χ1n) is 8.57. The van der Waals surface area contributed by atoms with Crippen molar-refractivity contribution < 1.29 is 9.47 Å². The molecule has 24 heavy (non-hydrogen) atoms. The van der Waals surface area contributed by atoms with Gasteiger partial charge in [-0.05, 0) is 26.0 Å². The monoisotopic (exact) mass is 334 g/mol. The van der Waals surface area contributed by atoms with Gasteiger partial charge < -0.3 is 20.1 Å². The van der Waals surface area contributed by atoms with E-state index in [1.165, 1.54) is 0 Å². The first-order valence-corrected chi connectivity index (χ1v) is 8.57. The second kappa shape index (κ2) is 9.49. The molecule has 1 aliphatic heterocycles. The van der Waals surface area contributed by atoms with Crippen molar-refractivity contribution in [2.45, 2.75) is 19.4 Å². The van der Waals surface area contributed by atoms with Crippen LogP contribution < -0.4 is 15.4 Å². The Kier molecular flexibility index (Phi) is 7.34. The summed E-state index contributed by atoms with van der Waals surface area (Å²) in [6.07, 6.45) is 0. The number of nitrogens with zero attached hydrogens (tertiary/aromatic N) is 2. The Morgan fingerprint density at radius 2 is 1.92 bits per heavy atom. The van der Waals surface area contributed by atoms with Gasteiger partial charge in [0.05, 0.1) is 19.8 Å². The third-order valence-corrected chi connectivity index (χ3v) is 4.19. The van der Waals surface area contributed by atoms with Gasteiger partial charge in [0, 0.05) is 32.2 Å². The number of guanidine groups is 1. The van der Waals surface area contributed by atoms with Gasteiger partial charge in [-0.15, -0.1) is 0 Å². The van der Waals surface area contributed by atoms with E-state index in [9.17, 15) is 0 Å². The minimum Gasteiger partial charge on any atom is -0.492 e. The lowest BCUT2D eigenvalue weighted by Crippen LogP contribution is -2.56. The standard InChI is InChI=1S/C18H30N4O2/c1-18(2,22-10-13-23-14-11-22)15-21-17(19-3)20-9-12-24-16-7-5-4-6-8-16/h4-8H,9-15H2,1-3H3,(H2,19,20,21). The van der Waals surface area contributed by atoms with Crippen molar-refractivity contribution in [3.63, 3.8) is 0 Å². The van der Waals surface area contributed by atoms with Gasteiger partial charge in [-0.3, -0.25) is 9.89 Å². The number of morpholine rings is 1. The average Bonchev–Trinajstić information content (AvgIpc) is 2.63. The highest BCUT2D eigenvalue weighted by molar-refractivity contribution is 5.79. The fraction of sp³-hybridized carbons (Fsp3) is 0.611. The van der Waals surface area contributed by atoms with Crippen molar-refractivity contribution in [3.05, 3.63) is 30.3 Å². The number of ether oxygens (including phenoxy) is 2. The Morgan fingerprint density at radius 1 is 1.21 bits per heavy atom. The molecule has 1 heterocycles. The van der Waals surface area contributed by atoms with Gasteiger partial charge in [0.25, 0.3) is 0 Å². The molecule has 6 heteroatoms. The molecule has 1 aromatic rings. The molecule has 1 aromatic carbocycles. The van der Waals surface area contributed by atoms with E-state index in [1.807, 2.05) is 30.3 Å². The quantitative estimate of drug-likeness (QED) is 0.448. The molecular weight excluding hydrogens is 304 g/mol. The minimum atomic E-state index is 0.0575. The van der Waals surface area contributed by atoms with Gasteiger partial charge in [0.2, 0.25) is 0 Å². The molecule has 0 unspecified atom stereocenters. The molecule has 0 spiro atoms. The third-order valence-electron chi connectivity index (χ3n) is 4.19. The summed E-state index contributed by atoms with van der Waals surface area (Å²) in [6.45, 7) is 10.2. The lowest BCUT2D eigenvalue weighted by atomic mass is 10.0. The molecule has 1 aliphatic rings. The molecule has 0 atom stereocenters. The van der Waals surface area contributed by atoms with Gasteiger partial charge in [-0.25, -0.2) is 0 Å². The first-order chi connectivity index (χ1) is 11.6. The highest BCUT2D eigenvalue weighted by Gasteiger charge is 2.28. The largest absolute Gasteiger partial charge is 0.492 e. The van der Waals surface area contributed by atoms with Crippen LogP contribution in [0.15, 0.2) is 35.3 Å². The van der Waals surface area contributed by atoms with Gasteiger partial charge in [-0.1, -0.05) is 18.2 Å². The van der Waals surface area contributed by atoms with Crippen molar-refractivity contribution >= 4 is 5.96 Å². The van der Waals surface area contributed by atoms with Crippen molar-refractivity contribution in [1.29, 1.82) is 0 Å². The van der Waals surface area contributed by atoms with E-state index < -0.39 is 0 Å². The highest BCUT2D eigenvalue weighted by atomic mass is 16.5. The van der Waals surface area contributed by atoms with Crippen LogP contribution in [0.1, 0.15) is 13.8 Å². The molecular formula is C18H30N4O2. The van der Waals surface area contributed by atoms with E-state index >= 15 is 0 Å². The Labute approximate surface area is 145 Å². The number of nitrogens with one attached hydrogen (secondary N) is 2. The predicted molar refractivity (Wildman–Crippen MR) is 97.8 cm³/mol. The fourth-order valence-corrected chi connectivity index (χ4v) is 2.66. The topological polar surface area (TPSA) is 58.1 Å². The van der Waals surface area contributed by atoms with Crippen LogP contribution in [0.4, 0.5) is 0 Å². The van der Waals surface area contributed by atoms with Gasteiger partial charge in [0.1, 0.15) is 12.4 Å². The van der Waals surface area contributed by atoms with E-state index in [4.69, 9.17) is 9.47 Å². The summed E-state index contributed by atoms with van der Waals surface area (Å²) in [5.74, 6) is 1.68. The summed E-state index contributed by atoms with van der Waals surface area (Å²) in [5.41, 5.74) is 0.0575. The molecule has 2 rings (SSSR count). The lowest BCUT2D eigenvalue weighted by molar-refractivity contribution is -0.00834. The Bertz CT molecular complexity index is 499. The number of rotatable bonds is 7. The number of aliphatic imine (C=N–C) groups is 1. The molecule has 0 aliphatic carbocycles. The van der Waals surface area contributed by atoms with Crippen LogP contribution in [0.5, 0.6) is 5.75 Å². The Hall–Kier alpha value is -1.79. The van der Waals surface area contributed by atoms with Crippen LogP contribution in [-0.2, 0) is 4.74 Å². The number of para-hydroxylation sites is 1. The second-order valence-electron chi connectivity index (χ2n) is 6.43. The van der Waals surface area contributed by atoms with Crippen LogP contribution in [-0.4, -0.2) is 69.4 Å². The van der Waals surface area contributed by atoms with E-state index in [1.54, 1.807) is 7.05 Å². The van der Waals surface area contributed by atoms with Crippen LogP contribution in [0.2, 0.25) is 0 Å². The Morgan fingerprint density at radius 3 is 2.58 bits per heavy atom. The number of hydrogen-bond donors (Lipinski definition) is 2. The SMILES string of the molecule is CN=C(NCCOc1ccccc1)NCC(C)(C)N1CCOCC1. The van der Waals surface area contributed by atoms with E-state index in [0.29, 0.717) is 13.2 Å². The van der Waals surface area contributed by atoms with Crippen LogP contribution in [0, 0.1) is 0 Å². The zero-order valence-corrected chi connectivity index (χ0v) is 15.0. The van der Waals surface area contributed by atoms with E-state index in [-0.39, 0.29) is 5.54 Å². The summed E-state index contributed by atoms with van der Waals surface area (Å²) < 4.78 is 11.1. The van der Waals surface area contributed by atoms with Crippen molar-refractivity contribution in [2.24, 2.45) is 4.99 Å². The van der Waals surface area contributed by atoms with E-state index in [0.717, 1.165) is 44.6 Å².